The zero-order valence-corrected chi connectivity index (χ0v) is 4.02. The average molecular weight is 98.1 g/mol. The normalized spacial score (nSPS) is 6.57. The molecule has 0 aromatic carbocycles. The molecule has 0 aliphatic carbocycles. The van der Waals surface area contributed by atoms with Gasteiger partial charge in [0.15, 0.2) is 0 Å². The van der Waals surface area contributed by atoms with Crippen molar-refractivity contribution in [2.24, 2.45) is 0 Å². The predicted molar refractivity (Wildman–Crippen MR) is 25.1 cm³/mol. The molecule has 0 aromatic heterocycles. The molecule has 0 aliphatic rings. The van der Waals surface area contributed by atoms with Crippen LogP contribution in [-0.2, 0) is 0 Å². The first-order chi connectivity index (χ1) is 3.41. The van der Waals surface area contributed by atoms with Gasteiger partial charge in [-0.05, 0) is 6.42 Å². The van der Waals surface area contributed by atoms with Crippen LogP contribution >= 0.6 is 0 Å². The Morgan fingerprint density at radius 1 is 1.00 bits per heavy atom. The third-order valence-corrected chi connectivity index (χ3v) is 0.577. The molecule has 0 spiro atoms. The average Bonchev–Trinajstić information content (AvgIpc) is 1.69. The van der Waals surface area contributed by atoms with Crippen molar-refractivity contribution in [3.8, 4) is 12.1 Å². The van der Waals surface area contributed by atoms with Gasteiger partial charge in [-0.3, -0.25) is 0 Å². The Morgan fingerprint density at radius 3 is 1.71 bits per heavy atom. The fraction of sp³-hybridized carbons (Fsp3) is 0.600. The molecule has 0 heterocycles. The van der Waals surface area contributed by atoms with E-state index in [1.54, 1.807) is 0 Å². The van der Waals surface area contributed by atoms with Gasteiger partial charge in [-0.15, -0.1) is 0 Å². The Bertz CT molecular complexity index is 90.2. The molecule has 0 rings (SSSR count). The summed E-state index contributed by atoms with van der Waals surface area (Å²) < 4.78 is 0. The van der Waals surface area contributed by atoms with E-state index in [1.807, 2.05) is 12.1 Å². The quantitative estimate of drug-likeness (QED) is 0.487. The summed E-state index contributed by atoms with van der Waals surface area (Å²) in [5, 5.41) is 15.9. The van der Waals surface area contributed by atoms with E-state index in [0.29, 0.717) is 19.3 Å². The van der Waals surface area contributed by atoms with Gasteiger partial charge < -0.3 is 0 Å². The molecule has 0 amide bonds. The van der Waals surface area contributed by atoms with Crippen molar-refractivity contribution in [2.45, 2.75) is 19.3 Å². The highest BCUT2D eigenvalue weighted by molar-refractivity contribution is 4.74. The van der Waals surface area contributed by atoms with E-state index in [-0.39, 0.29) is 0 Å². The third kappa shape index (κ3) is 4.98. The maximum absolute atomic E-state index is 7.93. The highest BCUT2D eigenvalue weighted by atomic mass is 14.9. The van der Waals surface area contributed by atoms with Crippen LogP contribution in [0.4, 0.5) is 0 Å². The van der Waals surface area contributed by atoms with Crippen LogP contribution in [0.25, 0.3) is 0 Å². The minimum Gasteiger partial charge on any atom is -0.198 e. The number of hydrogen-bond donors (Lipinski definition) is 0. The highest BCUT2D eigenvalue weighted by Crippen LogP contribution is 1.88. The van der Waals surface area contributed by atoms with Crippen molar-refractivity contribution in [3.63, 3.8) is 0 Å². The second-order valence-corrected chi connectivity index (χ2v) is 1.17. The SMILES string of the molecule is N#[14C]CCC[14C]#N. The molecule has 0 unspecified atom stereocenters. The van der Waals surface area contributed by atoms with Crippen molar-refractivity contribution in [3.05, 3.63) is 0 Å². The molecule has 36 valence electrons. The summed E-state index contributed by atoms with van der Waals surface area (Å²) in [6.45, 7) is 0. The van der Waals surface area contributed by atoms with Gasteiger partial charge >= 0.3 is 0 Å². The van der Waals surface area contributed by atoms with Gasteiger partial charge in [0, 0.05) is 12.8 Å². The lowest BCUT2D eigenvalue weighted by molar-refractivity contribution is 0.885. The summed E-state index contributed by atoms with van der Waals surface area (Å²) in [7, 11) is 0. The van der Waals surface area contributed by atoms with E-state index >= 15 is 0 Å². The van der Waals surface area contributed by atoms with Gasteiger partial charge in [-0.25, -0.2) is 0 Å². The van der Waals surface area contributed by atoms with Crippen LogP contribution in [0, 0.1) is 22.7 Å². The Labute approximate surface area is 43.0 Å². The van der Waals surface area contributed by atoms with Crippen LogP contribution < -0.4 is 0 Å². The molecule has 0 saturated carbocycles. The van der Waals surface area contributed by atoms with Crippen LogP contribution in [0.5, 0.6) is 0 Å². The van der Waals surface area contributed by atoms with Crippen LogP contribution in [0.15, 0.2) is 0 Å². The maximum Gasteiger partial charge on any atom is 0.0622 e. The summed E-state index contributed by atoms with van der Waals surface area (Å²) in [5.74, 6) is 0. The van der Waals surface area contributed by atoms with Crippen molar-refractivity contribution in [2.75, 3.05) is 0 Å². The Kier molecular flexibility index (Phi) is 4.25. The van der Waals surface area contributed by atoms with E-state index in [0.717, 1.165) is 0 Å². The standard InChI is InChI=1S/C5H6N2/c6-4-2-1-3-5-7/h1-3H2/i4+2,5+2. The summed E-state index contributed by atoms with van der Waals surface area (Å²) in [6.07, 6.45) is 1.73. The predicted octanol–water partition coefficient (Wildman–Crippen LogP) is 1.20. The van der Waals surface area contributed by atoms with Crippen LogP contribution in [0.1, 0.15) is 19.3 Å². The summed E-state index contributed by atoms with van der Waals surface area (Å²) >= 11 is 0. The van der Waals surface area contributed by atoms with Gasteiger partial charge in [0.2, 0.25) is 0 Å². The summed E-state index contributed by atoms with van der Waals surface area (Å²) in [6, 6.07) is 3.90. The smallest absolute Gasteiger partial charge is 0.0622 e. The minimum atomic E-state index is 0.508. The molecule has 0 saturated heterocycles. The molecule has 0 atom stereocenters. The van der Waals surface area contributed by atoms with Crippen LogP contribution in [0.2, 0.25) is 0 Å². The topological polar surface area (TPSA) is 47.6 Å². The summed E-state index contributed by atoms with van der Waals surface area (Å²) in [5.41, 5.74) is 0. The van der Waals surface area contributed by atoms with Gasteiger partial charge in [-0.1, -0.05) is 0 Å². The molecule has 0 radical (unpaired) electrons. The van der Waals surface area contributed by atoms with Crippen molar-refractivity contribution < 1.29 is 0 Å². The van der Waals surface area contributed by atoms with E-state index in [4.69, 9.17) is 10.5 Å². The van der Waals surface area contributed by atoms with Gasteiger partial charge in [0.25, 0.3) is 0 Å². The third-order valence-electron chi connectivity index (χ3n) is 0.577. The maximum atomic E-state index is 7.93. The van der Waals surface area contributed by atoms with Crippen LogP contribution in [0.3, 0.4) is 0 Å². The fourth-order valence-electron chi connectivity index (χ4n) is 0.247. The number of hydrogen-bond acceptors (Lipinski definition) is 2. The largest absolute Gasteiger partial charge is 0.198 e. The Balaban J connectivity index is 2.77. The van der Waals surface area contributed by atoms with E-state index in [9.17, 15) is 0 Å². The lowest BCUT2D eigenvalue weighted by Gasteiger charge is -1.75. The Hall–Kier alpha value is -1.02. The number of nitrogens with zero attached hydrogens (tertiary/aromatic N) is 2. The van der Waals surface area contributed by atoms with Gasteiger partial charge in [-0.2, -0.15) is 10.5 Å². The van der Waals surface area contributed by atoms with Gasteiger partial charge in [0.1, 0.15) is 0 Å². The molecule has 0 aliphatic heterocycles. The fourth-order valence-corrected chi connectivity index (χ4v) is 0.247. The van der Waals surface area contributed by atoms with Crippen molar-refractivity contribution >= 4 is 0 Å². The van der Waals surface area contributed by atoms with Crippen molar-refractivity contribution in [1.29, 1.82) is 10.5 Å². The zero-order valence-electron chi connectivity index (χ0n) is 4.02. The lowest BCUT2D eigenvalue weighted by atomic mass is 10.4. The Morgan fingerprint density at radius 2 is 1.43 bits per heavy atom. The molecule has 0 bridgehead atoms. The summed E-state index contributed by atoms with van der Waals surface area (Å²) in [4.78, 5) is 0. The van der Waals surface area contributed by atoms with Crippen molar-refractivity contribution in [1.82, 2.24) is 0 Å². The molecule has 7 heavy (non-hydrogen) atoms. The molecule has 0 fully saturated rings. The second kappa shape index (κ2) is 4.98. The first-order valence-corrected chi connectivity index (χ1v) is 2.15. The minimum absolute atomic E-state index is 0.508. The van der Waals surface area contributed by atoms with E-state index < -0.39 is 0 Å². The number of unbranched alkanes of at least 4 members (excludes halogenated alkanes) is 2. The van der Waals surface area contributed by atoms with Gasteiger partial charge in [0.05, 0.1) is 12.1 Å². The van der Waals surface area contributed by atoms with Crippen LogP contribution in [-0.4, -0.2) is 0 Å². The van der Waals surface area contributed by atoms with E-state index in [1.165, 1.54) is 0 Å². The molecular formula is C5H6N2. The molecule has 2 nitrogen and oxygen atoms in total. The monoisotopic (exact) mass is 98.1 g/mol. The molecule has 2 heteroatoms. The van der Waals surface area contributed by atoms with E-state index in [2.05, 4.69) is 0 Å². The molecule has 0 N–H and O–H groups in total. The molecular weight excluding hydrogens is 92.1 g/mol. The zero-order chi connectivity index (χ0) is 5.54. The first kappa shape index (κ1) is 5.98. The number of nitriles is 2. The highest BCUT2D eigenvalue weighted by Gasteiger charge is 1.79. The second-order valence-electron chi connectivity index (χ2n) is 1.17. The first-order valence-electron chi connectivity index (χ1n) is 2.15. The molecule has 0 aromatic rings. The number of rotatable bonds is 2. The lowest BCUT2D eigenvalue weighted by Crippen LogP contribution is -1.65.